The van der Waals surface area contributed by atoms with E-state index in [1.807, 2.05) is 13.0 Å². The number of nitrogens with one attached hydrogen (secondary N) is 1. The van der Waals surface area contributed by atoms with Crippen molar-refractivity contribution in [3.05, 3.63) is 74.3 Å². The SMILES string of the molecule is Cc1cc(Br)c2oc(=O)c(C(=O)Nc3ccccc3F)cc2c1. The molecule has 0 saturated carbocycles. The Morgan fingerprint density at radius 3 is 2.70 bits per heavy atom. The van der Waals surface area contributed by atoms with Crippen molar-refractivity contribution < 1.29 is 13.6 Å². The average Bonchev–Trinajstić information content (AvgIpc) is 2.49. The van der Waals surface area contributed by atoms with Gasteiger partial charge in [0.15, 0.2) is 5.58 Å². The summed E-state index contributed by atoms with van der Waals surface area (Å²) < 4.78 is 19.4. The van der Waals surface area contributed by atoms with Crippen LogP contribution in [0, 0.1) is 12.7 Å². The van der Waals surface area contributed by atoms with Crippen LogP contribution in [0.15, 0.2) is 56.1 Å². The van der Waals surface area contributed by atoms with Crippen LogP contribution in [0.2, 0.25) is 0 Å². The van der Waals surface area contributed by atoms with E-state index in [2.05, 4.69) is 21.2 Å². The second kappa shape index (κ2) is 5.96. The molecule has 1 N–H and O–H groups in total. The quantitative estimate of drug-likeness (QED) is 0.680. The summed E-state index contributed by atoms with van der Waals surface area (Å²) in [6, 6.07) is 10.8. The van der Waals surface area contributed by atoms with Gasteiger partial charge in [0.05, 0.1) is 10.2 Å². The summed E-state index contributed by atoms with van der Waals surface area (Å²) in [5.41, 5.74) is 0.346. The van der Waals surface area contributed by atoms with Crippen LogP contribution in [0.4, 0.5) is 10.1 Å². The highest BCUT2D eigenvalue weighted by atomic mass is 79.9. The molecule has 1 amide bonds. The molecule has 4 nitrogen and oxygen atoms in total. The third-order valence-electron chi connectivity index (χ3n) is 3.30. The monoisotopic (exact) mass is 375 g/mol. The van der Waals surface area contributed by atoms with E-state index in [1.54, 1.807) is 12.1 Å². The molecule has 0 bridgehead atoms. The molecule has 0 spiro atoms. The van der Waals surface area contributed by atoms with E-state index in [0.29, 0.717) is 15.4 Å². The van der Waals surface area contributed by atoms with Gasteiger partial charge in [0.1, 0.15) is 11.4 Å². The molecule has 0 radical (unpaired) electrons. The first-order valence-corrected chi connectivity index (χ1v) is 7.55. The summed E-state index contributed by atoms with van der Waals surface area (Å²) in [7, 11) is 0. The Hall–Kier alpha value is -2.47. The van der Waals surface area contributed by atoms with Gasteiger partial charge in [-0.25, -0.2) is 9.18 Å². The Bertz CT molecular complexity index is 981. The fraction of sp³-hybridized carbons (Fsp3) is 0.0588. The molecule has 0 atom stereocenters. The van der Waals surface area contributed by atoms with Crippen LogP contribution in [0.3, 0.4) is 0 Å². The maximum atomic E-state index is 13.6. The molecular formula is C17H11BrFNO3. The first-order chi connectivity index (χ1) is 11.0. The van der Waals surface area contributed by atoms with E-state index in [0.717, 1.165) is 5.56 Å². The van der Waals surface area contributed by atoms with Crippen molar-refractivity contribution in [3.63, 3.8) is 0 Å². The summed E-state index contributed by atoms with van der Waals surface area (Å²) in [6.07, 6.45) is 0. The summed E-state index contributed by atoms with van der Waals surface area (Å²) >= 11 is 3.32. The van der Waals surface area contributed by atoms with Gasteiger partial charge in [0, 0.05) is 5.39 Å². The van der Waals surface area contributed by atoms with Gasteiger partial charge in [-0.1, -0.05) is 12.1 Å². The van der Waals surface area contributed by atoms with Crippen LogP contribution in [0.25, 0.3) is 11.0 Å². The van der Waals surface area contributed by atoms with Crippen molar-refractivity contribution in [3.8, 4) is 0 Å². The lowest BCUT2D eigenvalue weighted by molar-refractivity contribution is 0.102. The number of hydrogen-bond acceptors (Lipinski definition) is 3. The van der Waals surface area contributed by atoms with Crippen LogP contribution in [-0.2, 0) is 0 Å². The predicted molar refractivity (Wildman–Crippen MR) is 89.3 cm³/mol. The predicted octanol–water partition coefficient (Wildman–Crippen LogP) is 4.26. The number of rotatable bonds is 2. The number of fused-ring (bicyclic) bond motifs is 1. The standard InChI is InChI=1S/C17H11BrFNO3/c1-9-6-10-8-11(17(22)23-15(10)12(18)7-9)16(21)20-14-5-3-2-4-13(14)19/h2-8H,1H3,(H,20,21). The van der Waals surface area contributed by atoms with Crippen molar-refractivity contribution in [1.29, 1.82) is 0 Å². The van der Waals surface area contributed by atoms with E-state index in [1.165, 1.54) is 24.3 Å². The topological polar surface area (TPSA) is 59.3 Å². The van der Waals surface area contributed by atoms with Crippen LogP contribution >= 0.6 is 15.9 Å². The summed E-state index contributed by atoms with van der Waals surface area (Å²) in [5, 5.41) is 2.98. The lowest BCUT2D eigenvalue weighted by Gasteiger charge is -2.07. The zero-order valence-electron chi connectivity index (χ0n) is 12.0. The Balaban J connectivity index is 2.06. The molecule has 0 unspecified atom stereocenters. The zero-order chi connectivity index (χ0) is 16.6. The number of para-hydroxylation sites is 1. The van der Waals surface area contributed by atoms with Crippen LogP contribution in [0.5, 0.6) is 0 Å². The average molecular weight is 376 g/mol. The molecule has 23 heavy (non-hydrogen) atoms. The molecule has 0 saturated heterocycles. The molecule has 0 aliphatic rings. The van der Waals surface area contributed by atoms with E-state index in [4.69, 9.17) is 4.42 Å². The molecule has 6 heteroatoms. The summed E-state index contributed by atoms with van der Waals surface area (Å²) in [5.74, 6) is -1.30. The van der Waals surface area contributed by atoms with Gasteiger partial charge >= 0.3 is 5.63 Å². The third-order valence-corrected chi connectivity index (χ3v) is 3.89. The maximum Gasteiger partial charge on any atom is 0.349 e. The zero-order valence-corrected chi connectivity index (χ0v) is 13.6. The first kappa shape index (κ1) is 15.4. The number of benzene rings is 2. The summed E-state index contributed by atoms with van der Waals surface area (Å²) in [4.78, 5) is 24.3. The van der Waals surface area contributed by atoms with E-state index in [9.17, 15) is 14.0 Å². The third kappa shape index (κ3) is 3.03. The van der Waals surface area contributed by atoms with Gasteiger partial charge in [0.25, 0.3) is 5.91 Å². The first-order valence-electron chi connectivity index (χ1n) is 6.75. The molecule has 3 aromatic rings. The van der Waals surface area contributed by atoms with Gasteiger partial charge in [-0.3, -0.25) is 4.79 Å². The number of aryl methyl sites for hydroxylation is 1. The minimum atomic E-state index is -0.782. The molecule has 0 aliphatic carbocycles. The highest BCUT2D eigenvalue weighted by molar-refractivity contribution is 9.10. The fourth-order valence-electron chi connectivity index (χ4n) is 2.24. The number of carbonyl (C=O) groups excluding carboxylic acids is 1. The van der Waals surface area contributed by atoms with Crippen LogP contribution in [0.1, 0.15) is 15.9 Å². The number of anilines is 1. The lowest BCUT2D eigenvalue weighted by atomic mass is 10.1. The second-order valence-electron chi connectivity index (χ2n) is 5.05. The molecular weight excluding hydrogens is 365 g/mol. The lowest BCUT2D eigenvalue weighted by Crippen LogP contribution is -2.21. The number of hydrogen-bond donors (Lipinski definition) is 1. The Morgan fingerprint density at radius 1 is 1.22 bits per heavy atom. The maximum absolute atomic E-state index is 13.6. The van der Waals surface area contributed by atoms with Crippen LogP contribution < -0.4 is 10.9 Å². The highest BCUT2D eigenvalue weighted by Gasteiger charge is 2.16. The largest absolute Gasteiger partial charge is 0.421 e. The van der Waals surface area contributed by atoms with E-state index in [-0.39, 0.29) is 11.3 Å². The molecule has 0 fully saturated rings. The molecule has 0 aliphatic heterocycles. The second-order valence-corrected chi connectivity index (χ2v) is 5.90. The molecule has 1 aromatic heterocycles. The Morgan fingerprint density at radius 2 is 1.96 bits per heavy atom. The van der Waals surface area contributed by atoms with Crippen LogP contribution in [-0.4, -0.2) is 5.91 Å². The normalized spacial score (nSPS) is 10.7. The molecule has 116 valence electrons. The number of halogens is 2. The van der Waals surface area contributed by atoms with Gasteiger partial charge < -0.3 is 9.73 Å². The van der Waals surface area contributed by atoms with Gasteiger partial charge in [-0.15, -0.1) is 0 Å². The minimum absolute atomic E-state index is 0.00224. The molecule has 2 aromatic carbocycles. The van der Waals surface area contributed by atoms with E-state index >= 15 is 0 Å². The Labute approximate surface area is 139 Å². The van der Waals surface area contributed by atoms with Crippen molar-refractivity contribution >= 4 is 38.5 Å². The minimum Gasteiger partial charge on any atom is -0.421 e. The van der Waals surface area contributed by atoms with Crippen molar-refractivity contribution in [1.82, 2.24) is 0 Å². The Kier molecular flexibility index (Phi) is 4.00. The van der Waals surface area contributed by atoms with Crippen molar-refractivity contribution in [2.24, 2.45) is 0 Å². The highest BCUT2D eigenvalue weighted by Crippen LogP contribution is 2.25. The molecule has 1 heterocycles. The van der Waals surface area contributed by atoms with Gasteiger partial charge in [-0.2, -0.15) is 0 Å². The fourth-order valence-corrected chi connectivity index (χ4v) is 2.91. The number of carbonyl (C=O) groups is 1. The van der Waals surface area contributed by atoms with E-state index < -0.39 is 17.3 Å². The van der Waals surface area contributed by atoms with Gasteiger partial charge in [-0.05, 0) is 58.7 Å². The molecule has 3 rings (SSSR count). The smallest absolute Gasteiger partial charge is 0.349 e. The van der Waals surface area contributed by atoms with Gasteiger partial charge in [0.2, 0.25) is 0 Å². The van der Waals surface area contributed by atoms with Crippen molar-refractivity contribution in [2.45, 2.75) is 6.92 Å². The van der Waals surface area contributed by atoms with Crippen molar-refractivity contribution in [2.75, 3.05) is 5.32 Å². The summed E-state index contributed by atoms with van der Waals surface area (Å²) in [6.45, 7) is 1.88. The number of amides is 1.